The van der Waals surface area contributed by atoms with Gasteiger partial charge >= 0.3 is 0 Å². The average molecular weight is 156 g/mol. The number of nitrogens with zero attached hydrogens (tertiary/aromatic N) is 1. The molecule has 0 amide bonds. The molecule has 0 radical (unpaired) electrons. The third-order valence-corrected chi connectivity index (χ3v) is 0.966. The van der Waals surface area contributed by atoms with E-state index in [4.69, 9.17) is 4.74 Å². The van der Waals surface area contributed by atoms with Crippen LogP contribution >= 0.6 is 0 Å². The molecule has 2 nitrogen and oxygen atoms in total. The molecule has 0 atom stereocenters. The van der Waals surface area contributed by atoms with Crippen molar-refractivity contribution in [2.75, 3.05) is 41.4 Å². The van der Waals surface area contributed by atoms with Crippen LogP contribution in [0.4, 0.5) is 0 Å². The highest BCUT2D eigenvalue weighted by Gasteiger charge is 2.03. The van der Waals surface area contributed by atoms with Gasteiger partial charge in [0.05, 0.1) is 27.7 Å². The van der Waals surface area contributed by atoms with Gasteiger partial charge in [-0.05, 0) is 0 Å². The van der Waals surface area contributed by atoms with Crippen molar-refractivity contribution in [2.24, 2.45) is 0 Å². The maximum Gasteiger partial charge on any atom is 0.102 e. The zero-order valence-corrected chi connectivity index (χ0v) is 7.40. The van der Waals surface area contributed by atoms with Crippen molar-refractivity contribution >= 4 is 0 Å². The lowest BCUT2D eigenvalue weighted by atomic mass is 10.7. The fourth-order valence-electron chi connectivity index (χ4n) is 0.365. The van der Waals surface area contributed by atoms with E-state index in [2.05, 4.69) is 21.1 Å². The van der Waals surface area contributed by atoms with Crippen molar-refractivity contribution in [1.29, 1.82) is 0 Å². The van der Waals surface area contributed by atoms with Crippen molar-refractivity contribution in [2.45, 2.75) is 0 Å². The molecule has 0 aliphatic rings. The Morgan fingerprint density at radius 3 is 1.89 bits per heavy atom. The average Bonchev–Trinajstić information content (AvgIpc) is 1.59. The summed E-state index contributed by atoms with van der Waals surface area (Å²) < 4.78 is 5.88. The van der Waals surface area contributed by atoms with E-state index in [1.807, 2.05) is 0 Å². The van der Waals surface area contributed by atoms with Gasteiger partial charge in [0.15, 0.2) is 0 Å². The molecule has 9 heavy (non-hydrogen) atoms. The van der Waals surface area contributed by atoms with Gasteiger partial charge in [-0.15, -0.1) is 0 Å². The topological polar surface area (TPSA) is 9.23 Å². The van der Waals surface area contributed by atoms with E-state index in [0.29, 0.717) is 0 Å². The van der Waals surface area contributed by atoms with Gasteiger partial charge in [-0.3, -0.25) is 0 Å². The molecular formula is C6H16ClNO. The van der Waals surface area contributed by atoms with Gasteiger partial charge in [-0.25, -0.2) is 0 Å². The third kappa shape index (κ3) is 11.7. The molecule has 0 fully saturated rings. The van der Waals surface area contributed by atoms with E-state index in [1.54, 1.807) is 7.11 Å². The Hall–Kier alpha value is 0.210. The van der Waals surface area contributed by atoms with Gasteiger partial charge in [0.2, 0.25) is 0 Å². The monoisotopic (exact) mass is 155 g/mol. The summed E-state index contributed by atoms with van der Waals surface area (Å²) in [6, 6.07) is 0. The smallest absolute Gasteiger partial charge is 0.102 e. The molecule has 0 spiro atoms. The maximum atomic E-state index is 4.90. The van der Waals surface area contributed by atoms with Crippen LogP contribution in [-0.2, 0) is 4.74 Å². The first-order chi connectivity index (χ1) is 3.56. The van der Waals surface area contributed by atoms with Crippen molar-refractivity contribution in [3.8, 4) is 0 Å². The molecule has 0 aliphatic heterocycles. The first-order valence-corrected chi connectivity index (χ1v) is 2.85. The number of likely N-dealkylation sites (N-methyl/N-ethyl adjacent to an activating group) is 1. The number of rotatable bonds is 3. The Labute approximate surface area is 63.8 Å². The van der Waals surface area contributed by atoms with E-state index >= 15 is 0 Å². The molecule has 3 heteroatoms. The Kier molecular flexibility index (Phi) is 6.68. The lowest BCUT2D eigenvalue weighted by molar-refractivity contribution is -0.870. The van der Waals surface area contributed by atoms with Crippen LogP contribution in [0.15, 0.2) is 0 Å². The molecule has 0 N–H and O–H groups in total. The molecule has 0 aromatic carbocycles. The van der Waals surface area contributed by atoms with E-state index in [9.17, 15) is 0 Å². The third-order valence-electron chi connectivity index (χ3n) is 0.966. The molecule has 0 saturated heterocycles. The molecule has 0 aliphatic carbocycles. The van der Waals surface area contributed by atoms with E-state index in [0.717, 1.165) is 17.6 Å². The largest absolute Gasteiger partial charge is 1.00 e. The predicted molar refractivity (Wildman–Crippen MR) is 34.8 cm³/mol. The van der Waals surface area contributed by atoms with Crippen LogP contribution in [0.2, 0.25) is 0 Å². The summed E-state index contributed by atoms with van der Waals surface area (Å²) in [4.78, 5) is 0. The van der Waals surface area contributed by atoms with Crippen LogP contribution < -0.4 is 12.4 Å². The highest BCUT2D eigenvalue weighted by molar-refractivity contribution is 4.22. The molecule has 0 bridgehead atoms. The fourth-order valence-corrected chi connectivity index (χ4v) is 0.365. The van der Waals surface area contributed by atoms with Crippen LogP contribution in [0.5, 0.6) is 0 Å². The molecule has 0 rings (SSSR count). The fraction of sp³-hybridized carbons (Fsp3) is 1.00. The summed E-state index contributed by atoms with van der Waals surface area (Å²) in [5, 5.41) is 0. The van der Waals surface area contributed by atoms with Crippen molar-refractivity contribution in [1.82, 2.24) is 0 Å². The normalized spacial score (nSPS) is 10.7. The quantitative estimate of drug-likeness (QED) is 0.405. The highest BCUT2D eigenvalue weighted by Crippen LogP contribution is 1.87. The van der Waals surface area contributed by atoms with Crippen molar-refractivity contribution < 1.29 is 21.6 Å². The Morgan fingerprint density at radius 2 is 1.78 bits per heavy atom. The minimum Gasteiger partial charge on any atom is -1.00 e. The Bertz CT molecular complexity index is 60.6. The van der Waals surface area contributed by atoms with Crippen LogP contribution in [-0.4, -0.2) is 45.9 Å². The number of halogens is 1. The number of quaternary nitrogens is 1. The van der Waals surface area contributed by atoms with Gasteiger partial charge in [0.25, 0.3) is 0 Å². The van der Waals surface area contributed by atoms with Crippen LogP contribution in [0.1, 0.15) is 0 Å². The SMILES string of the molecule is CO[14CH2]C[N+](C)(C)C.[Cl-]. The maximum absolute atomic E-state index is 4.90. The summed E-state index contributed by atoms with van der Waals surface area (Å²) in [6.45, 7) is 1.93. The second-order valence-electron chi connectivity index (χ2n) is 3.01. The minimum atomic E-state index is 0. The Balaban J connectivity index is 0. The van der Waals surface area contributed by atoms with E-state index in [1.165, 1.54) is 0 Å². The Morgan fingerprint density at radius 1 is 1.33 bits per heavy atom. The standard InChI is InChI=1S/C6H16NO.ClH/c1-7(2,3)5-6-8-4;/h5-6H2,1-4H3;1H/q+1;/p-1/i6+2;. The summed E-state index contributed by atoms with van der Waals surface area (Å²) in [5.41, 5.74) is 0. The highest BCUT2D eigenvalue weighted by atomic mass is 35.5. The zero-order valence-electron chi connectivity index (χ0n) is 6.65. The molecule has 0 saturated carbocycles. The molecular weight excluding hydrogens is 140 g/mol. The summed E-state index contributed by atoms with van der Waals surface area (Å²) in [7, 11) is 8.19. The lowest BCUT2D eigenvalue weighted by Crippen LogP contribution is -3.00. The summed E-state index contributed by atoms with van der Waals surface area (Å²) in [5.74, 6) is 0. The van der Waals surface area contributed by atoms with Gasteiger partial charge in [-0.1, -0.05) is 0 Å². The first-order valence-electron chi connectivity index (χ1n) is 2.85. The lowest BCUT2D eigenvalue weighted by Gasteiger charge is -2.22. The zero-order chi connectivity index (χ0) is 6.62. The molecule has 0 aromatic heterocycles. The number of hydrogen-bond donors (Lipinski definition) is 0. The van der Waals surface area contributed by atoms with E-state index in [-0.39, 0.29) is 12.4 Å². The molecule has 0 aromatic rings. The van der Waals surface area contributed by atoms with Crippen molar-refractivity contribution in [3.63, 3.8) is 0 Å². The van der Waals surface area contributed by atoms with Crippen LogP contribution in [0.25, 0.3) is 0 Å². The van der Waals surface area contributed by atoms with Gasteiger partial charge in [0, 0.05) is 7.11 Å². The predicted octanol–water partition coefficient (Wildman–Crippen LogP) is -2.66. The minimum absolute atomic E-state index is 0. The van der Waals surface area contributed by atoms with Crippen LogP contribution in [0, 0.1) is 0 Å². The van der Waals surface area contributed by atoms with Gasteiger partial charge < -0.3 is 21.6 Å². The van der Waals surface area contributed by atoms with E-state index < -0.39 is 0 Å². The number of methoxy groups -OCH3 is 1. The van der Waals surface area contributed by atoms with Crippen molar-refractivity contribution in [3.05, 3.63) is 0 Å². The number of hydrogen-bond acceptors (Lipinski definition) is 1. The number of ether oxygens (including phenoxy) is 1. The van der Waals surface area contributed by atoms with Crippen LogP contribution in [0.3, 0.4) is 0 Å². The summed E-state index contributed by atoms with van der Waals surface area (Å²) in [6.07, 6.45) is 0. The second-order valence-corrected chi connectivity index (χ2v) is 3.01. The molecule has 0 unspecified atom stereocenters. The van der Waals surface area contributed by atoms with Gasteiger partial charge in [-0.2, -0.15) is 0 Å². The first kappa shape index (κ1) is 11.9. The second kappa shape index (κ2) is 5.03. The molecule has 0 heterocycles. The van der Waals surface area contributed by atoms with Gasteiger partial charge in [0.1, 0.15) is 6.54 Å². The summed E-state index contributed by atoms with van der Waals surface area (Å²) >= 11 is 0. The molecule has 58 valence electrons.